The van der Waals surface area contributed by atoms with Crippen molar-refractivity contribution >= 4 is 23.2 Å². The van der Waals surface area contributed by atoms with E-state index in [4.69, 9.17) is 20.8 Å². The van der Waals surface area contributed by atoms with Crippen molar-refractivity contribution in [3.63, 3.8) is 0 Å². The van der Waals surface area contributed by atoms with Gasteiger partial charge in [0.15, 0.2) is 0 Å². The number of amides is 1. The summed E-state index contributed by atoms with van der Waals surface area (Å²) in [6, 6.07) is 13.8. The molecule has 0 atom stereocenters. The van der Waals surface area contributed by atoms with Crippen molar-refractivity contribution < 1.29 is 13.9 Å². The van der Waals surface area contributed by atoms with Gasteiger partial charge in [0.25, 0.3) is 0 Å². The number of hydrogen-bond donors (Lipinski definition) is 1. The molecule has 6 nitrogen and oxygen atoms in total. The Balaban J connectivity index is 1.75. The summed E-state index contributed by atoms with van der Waals surface area (Å²) in [5.74, 6) is 0.369. The lowest BCUT2D eigenvalue weighted by atomic mass is 10.2. The first-order chi connectivity index (χ1) is 11.2. The fourth-order valence-corrected chi connectivity index (χ4v) is 2.01. The highest BCUT2D eigenvalue weighted by Gasteiger charge is 2.16. The number of carbonyl (C=O) groups excluding carboxylic acids is 1. The van der Waals surface area contributed by atoms with Gasteiger partial charge in [-0.1, -0.05) is 11.6 Å². The minimum Gasteiger partial charge on any atom is -0.497 e. The van der Waals surface area contributed by atoms with Crippen LogP contribution >= 0.6 is 11.6 Å². The summed E-state index contributed by atoms with van der Waals surface area (Å²) in [6.45, 7) is 0. The zero-order valence-electron chi connectivity index (χ0n) is 12.1. The van der Waals surface area contributed by atoms with Gasteiger partial charge in [-0.3, -0.25) is 4.79 Å². The molecular formula is C16H12ClN3O3. The number of anilines is 1. The Hall–Kier alpha value is -2.86. The Labute approximate surface area is 137 Å². The van der Waals surface area contributed by atoms with Gasteiger partial charge in [0, 0.05) is 16.3 Å². The number of methoxy groups -OCH3 is 1. The summed E-state index contributed by atoms with van der Waals surface area (Å²) in [5, 5.41) is 10.9. The van der Waals surface area contributed by atoms with Crippen LogP contribution in [0.15, 0.2) is 52.9 Å². The number of aromatic nitrogens is 2. The van der Waals surface area contributed by atoms with Crippen LogP contribution in [0.2, 0.25) is 5.02 Å². The summed E-state index contributed by atoms with van der Waals surface area (Å²) in [6.07, 6.45) is 0. The number of ether oxygens (including phenoxy) is 1. The predicted molar refractivity (Wildman–Crippen MR) is 85.7 cm³/mol. The van der Waals surface area contributed by atoms with Crippen LogP contribution < -0.4 is 10.1 Å². The average Bonchev–Trinajstić information content (AvgIpc) is 3.07. The van der Waals surface area contributed by atoms with Crippen molar-refractivity contribution in [2.75, 3.05) is 12.4 Å². The third-order valence-corrected chi connectivity index (χ3v) is 3.31. The van der Waals surface area contributed by atoms with Crippen LogP contribution in [0.25, 0.3) is 11.5 Å². The lowest BCUT2D eigenvalue weighted by Gasteiger charge is -2.01. The van der Waals surface area contributed by atoms with Crippen LogP contribution in [0.3, 0.4) is 0 Å². The highest BCUT2D eigenvalue weighted by molar-refractivity contribution is 6.30. The fraction of sp³-hybridized carbons (Fsp3) is 0.0625. The quantitative estimate of drug-likeness (QED) is 0.790. The van der Waals surface area contributed by atoms with E-state index in [0.29, 0.717) is 22.0 Å². The molecule has 2 aromatic carbocycles. The number of hydrogen-bond acceptors (Lipinski definition) is 5. The van der Waals surface area contributed by atoms with Gasteiger partial charge in [0.05, 0.1) is 7.11 Å². The molecule has 0 aliphatic carbocycles. The Morgan fingerprint density at radius 1 is 1.09 bits per heavy atom. The second-order valence-corrected chi connectivity index (χ2v) is 5.04. The third kappa shape index (κ3) is 3.49. The SMILES string of the molecule is COc1ccc(-c2nnc(C(=O)Nc3ccc(Cl)cc3)o2)cc1. The van der Waals surface area contributed by atoms with E-state index in [2.05, 4.69) is 15.5 Å². The molecule has 0 saturated carbocycles. The molecule has 1 heterocycles. The van der Waals surface area contributed by atoms with Crippen LogP contribution in [0.1, 0.15) is 10.7 Å². The summed E-state index contributed by atoms with van der Waals surface area (Å²) in [5.41, 5.74) is 1.28. The number of halogens is 1. The molecule has 0 aliphatic heterocycles. The summed E-state index contributed by atoms with van der Waals surface area (Å²) >= 11 is 5.80. The standard InChI is InChI=1S/C16H12ClN3O3/c1-22-13-8-2-10(3-9-13)15-19-20-16(23-15)14(21)18-12-6-4-11(17)5-7-12/h2-9H,1H3,(H,18,21). The van der Waals surface area contributed by atoms with Crippen molar-refractivity contribution in [1.82, 2.24) is 10.2 Å². The van der Waals surface area contributed by atoms with Crippen molar-refractivity contribution in [3.05, 3.63) is 59.4 Å². The van der Waals surface area contributed by atoms with Gasteiger partial charge in [-0.05, 0) is 48.5 Å². The van der Waals surface area contributed by atoms with E-state index < -0.39 is 5.91 Å². The fourth-order valence-electron chi connectivity index (χ4n) is 1.88. The molecule has 3 rings (SSSR count). The van der Waals surface area contributed by atoms with E-state index in [0.717, 1.165) is 0 Å². The van der Waals surface area contributed by atoms with E-state index >= 15 is 0 Å². The Morgan fingerprint density at radius 3 is 2.43 bits per heavy atom. The summed E-state index contributed by atoms with van der Waals surface area (Å²) in [4.78, 5) is 12.1. The van der Waals surface area contributed by atoms with E-state index in [1.165, 1.54) is 0 Å². The van der Waals surface area contributed by atoms with Crippen LogP contribution in [-0.2, 0) is 0 Å². The topological polar surface area (TPSA) is 77.2 Å². The zero-order valence-corrected chi connectivity index (χ0v) is 12.9. The lowest BCUT2D eigenvalue weighted by molar-refractivity contribution is 0.0991. The maximum absolute atomic E-state index is 12.1. The van der Waals surface area contributed by atoms with Gasteiger partial charge in [-0.2, -0.15) is 0 Å². The van der Waals surface area contributed by atoms with E-state index in [-0.39, 0.29) is 11.8 Å². The van der Waals surface area contributed by atoms with Crippen LogP contribution in [0, 0.1) is 0 Å². The minimum atomic E-state index is -0.486. The first kappa shape index (κ1) is 15.1. The van der Waals surface area contributed by atoms with Gasteiger partial charge in [-0.15, -0.1) is 10.2 Å². The van der Waals surface area contributed by atoms with Crippen LogP contribution in [0.5, 0.6) is 5.75 Å². The molecule has 1 N–H and O–H groups in total. The second-order valence-electron chi connectivity index (χ2n) is 4.60. The molecule has 23 heavy (non-hydrogen) atoms. The van der Waals surface area contributed by atoms with Crippen molar-refractivity contribution in [3.8, 4) is 17.2 Å². The highest BCUT2D eigenvalue weighted by Crippen LogP contribution is 2.21. The maximum Gasteiger partial charge on any atom is 0.313 e. The number of carbonyl (C=O) groups is 1. The Morgan fingerprint density at radius 2 is 1.78 bits per heavy atom. The molecule has 0 aliphatic rings. The number of nitrogens with one attached hydrogen (secondary N) is 1. The van der Waals surface area contributed by atoms with E-state index in [1.54, 1.807) is 55.6 Å². The molecule has 0 bridgehead atoms. The number of benzene rings is 2. The van der Waals surface area contributed by atoms with Crippen molar-refractivity contribution in [2.45, 2.75) is 0 Å². The van der Waals surface area contributed by atoms with Crippen LogP contribution in [-0.4, -0.2) is 23.2 Å². The van der Waals surface area contributed by atoms with Gasteiger partial charge in [-0.25, -0.2) is 0 Å². The number of rotatable bonds is 4. The van der Waals surface area contributed by atoms with Crippen LogP contribution in [0.4, 0.5) is 5.69 Å². The van der Waals surface area contributed by atoms with Crippen molar-refractivity contribution in [1.29, 1.82) is 0 Å². The maximum atomic E-state index is 12.1. The van der Waals surface area contributed by atoms with Crippen molar-refractivity contribution in [2.24, 2.45) is 0 Å². The highest BCUT2D eigenvalue weighted by atomic mass is 35.5. The van der Waals surface area contributed by atoms with Gasteiger partial charge in [0.2, 0.25) is 5.89 Å². The molecule has 0 saturated heterocycles. The lowest BCUT2D eigenvalue weighted by Crippen LogP contribution is -2.12. The molecular weight excluding hydrogens is 318 g/mol. The molecule has 1 amide bonds. The molecule has 0 radical (unpaired) electrons. The molecule has 116 valence electrons. The molecule has 0 fully saturated rings. The molecule has 7 heteroatoms. The predicted octanol–water partition coefficient (Wildman–Crippen LogP) is 3.65. The first-order valence-electron chi connectivity index (χ1n) is 6.70. The largest absolute Gasteiger partial charge is 0.497 e. The zero-order chi connectivity index (χ0) is 16.2. The molecule has 0 spiro atoms. The summed E-state index contributed by atoms with van der Waals surface area (Å²) in [7, 11) is 1.58. The minimum absolute atomic E-state index is 0.120. The third-order valence-electron chi connectivity index (χ3n) is 3.06. The molecule has 0 unspecified atom stereocenters. The smallest absolute Gasteiger partial charge is 0.313 e. The van der Waals surface area contributed by atoms with Gasteiger partial charge in [0.1, 0.15) is 5.75 Å². The van der Waals surface area contributed by atoms with E-state index in [1.807, 2.05) is 0 Å². The molecule has 1 aromatic heterocycles. The van der Waals surface area contributed by atoms with Gasteiger partial charge >= 0.3 is 11.8 Å². The average molecular weight is 330 g/mol. The monoisotopic (exact) mass is 329 g/mol. The molecule has 3 aromatic rings. The Kier molecular flexibility index (Phi) is 4.25. The normalized spacial score (nSPS) is 10.3. The second kappa shape index (κ2) is 6.50. The van der Waals surface area contributed by atoms with Gasteiger partial charge < -0.3 is 14.5 Å². The Bertz CT molecular complexity index is 813. The first-order valence-corrected chi connectivity index (χ1v) is 7.08. The van der Waals surface area contributed by atoms with E-state index in [9.17, 15) is 4.79 Å². The number of nitrogens with zero attached hydrogens (tertiary/aromatic N) is 2. The summed E-state index contributed by atoms with van der Waals surface area (Å²) < 4.78 is 10.5.